The first-order chi connectivity index (χ1) is 10.9. The SMILES string of the molecule is CN(C)CCCCCCOC(=O)c1ccc2c(c1)C=CS2(=O)=O. The summed E-state index contributed by atoms with van der Waals surface area (Å²) in [6, 6.07) is 4.53. The van der Waals surface area contributed by atoms with Crippen LogP contribution < -0.4 is 0 Å². The molecule has 0 radical (unpaired) electrons. The highest BCUT2D eigenvalue weighted by Crippen LogP contribution is 2.27. The summed E-state index contributed by atoms with van der Waals surface area (Å²) >= 11 is 0. The number of sulfone groups is 1. The van der Waals surface area contributed by atoms with E-state index in [9.17, 15) is 13.2 Å². The van der Waals surface area contributed by atoms with E-state index in [0.29, 0.717) is 17.7 Å². The highest BCUT2D eigenvalue weighted by molar-refractivity contribution is 7.94. The maximum atomic E-state index is 12.0. The Morgan fingerprint density at radius 2 is 1.87 bits per heavy atom. The molecule has 0 aromatic heterocycles. The lowest BCUT2D eigenvalue weighted by atomic mass is 10.1. The Morgan fingerprint density at radius 3 is 2.61 bits per heavy atom. The smallest absolute Gasteiger partial charge is 0.338 e. The molecule has 0 unspecified atom stereocenters. The number of hydrogen-bond donors (Lipinski definition) is 0. The zero-order valence-electron chi connectivity index (χ0n) is 13.6. The fourth-order valence-corrected chi connectivity index (χ4v) is 3.62. The van der Waals surface area contributed by atoms with Crippen LogP contribution in [0.5, 0.6) is 0 Å². The minimum atomic E-state index is -3.32. The average Bonchev–Trinajstić information content (AvgIpc) is 2.81. The fraction of sp³-hybridized carbons (Fsp3) is 0.471. The van der Waals surface area contributed by atoms with Gasteiger partial charge in [0, 0.05) is 5.41 Å². The molecule has 126 valence electrons. The van der Waals surface area contributed by atoms with Crippen molar-refractivity contribution in [1.29, 1.82) is 0 Å². The molecule has 1 aromatic rings. The summed E-state index contributed by atoms with van der Waals surface area (Å²) in [7, 11) is 0.789. The van der Waals surface area contributed by atoms with Gasteiger partial charge in [-0.15, -0.1) is 0 Å². The minimum Gasteiger partial charge on any atom is -0.462 e. The zero-order valence-corrected chi connectivity index (χ0v) is 14.4. The number of carbonyl (C=O) groups is 1. The van der Waals surface area contributed by atoms with Crippen molar-refractivity contribution in [1.82, 2.24) is 4.90 Å². The van der Waals surface area contributed by atoms with E-state index < -0.39 is 15.8 Å². The maximum absolute atomic E-state index is 12.0. The number of carbonyl (C=O) groups excluding carboxylic acids is 1. The molecular formula is C17H23NO4S. The van der Waals surface area contributed by atoms with E-state index in [1.165, 1.54) is 18.2 Å². The Kier molecular flexibility index (Phi) is 5.96. The van der Waals surface area contributed by atoms with Crippen molar-refractivity contribution in [2.75, 3.05) is 27.2 Å². The molecule has 1 aromatic carbocycles. The van der Waals surface area contributed by atoms with Crippen LogP contribution in [0, 0.1) is 0 Å². The number of fused-ring (bicyclic) bond motifs is 1. The van der Waals surface area contributed by atoms with Gasteiger partial charge in [-0.3, -0.25) is 0 Å². The van der Waals surface area contributed by atoms with Crippen LogP contribution >= 0.6 is 0 Å². The second-order valence-electron chi connectivity index (χ2n) is 5.95. The van der Waals surface area contributed by atoms with Crippen molar-refractivity contribution in [2.45, 2.75) is 30.6 Å². The molecule has 0 atom stereocenters. The highest BCUT2D eigenvalue weighted by atomic mass is 32.2. The number of hydrogen-bond acceptors (Lipinski definition) is 5. The van der Waals surface area contributed by atoms with Crippen molar-refractivity contribution in [3.63, 3.8) is 0 Å². The zero-order chi connectivity index (χ0) is 16.9. The predicted octanol–water partition coefficient (Wildman–Crippen LogP) is 2.72. The summed E-state index contributed by atoms with van der Waals surface area (Å²) < 4.78 is 28.6. The van der Waals surface area contributed by atoms with E-state index >= 15 is 0 Å². The average molecular weight is 337 g/mol. The second-order valence-corrected chi connectivity index (χ2v) is 7.76. The summed E-state index contributed by atoms with van der Waals surface area (Å²) in [5.41, 5.74) is 0.932. The van der Waals surface area contributed by atoms with Crippen molar-refractivity contribution in [3.05, 3.63) is 34.7 Å². The van der Waals surface area contributed by atoms with Gasteiger partial charge in [0.2, 0.25) is 0 Å². The van der Waals surface area contributed by atoms with E-state index in [-0.39, 0.29) is 4.90 Å². The van der Waals surface area contributed by atoms with Crippen LogP contribution in [0.3, 0.4) is 0 Å². The normalized spacial score (nSPS) is 14.9. The van der Waals surface area contributed by atoms with Crippen molar-refractivity contribution >= 4 is 21.9 Å². The van der Waals surface area contributed by atoms with Gasteiger partial charge in [0.1, 0.15) is 0 Å². The Hall–Kier alpha value is -1.66. The lowest BCUT2D eigenvalue weighted by Gasteiger charge is -2.09. The first-order valence-corrected chi connectivity index (χ1v) is 9.34. The number of benzene rings is 1. The lowest BCUT2D eigenvalue weighted by molar-refractivity contribution is 0.0497. The molecule has 1 aliphatic rings. The monoisotopic (exact) mass is 337 g/mol. The first-order valence-electron chi connectivity index (χ1n) is 7.79. The van der Waals surface area contributed by atoms with Gasteiger partial charge in [0.15, 0.2) is 9.84 Å². The number of unbranched alkanes of at least 4 members (excludes halogenated alkanes) is 3. The van der Waals surface area contributed by atoms with E-state index in [1.807, 2.05) is 0 Å². The molecule has 1 aliphatic heterocycles. The van der Waals surface area contributed by atoms with Crippen molar-refractivity contribution in [3.8, 4) is 0 Å². The Bertz CT molecular complexity index is 693. The van der Waals surface area contributed by atoms with Crippen LogP contribution in [0.15, 0.2) is 28.5 Å². The lowest BCUT2D eigenvalue weighted by Crippen LogP contribution is -2.12. The molecule has 23 heavy (non-hydrogen) atoms. The van der Waals surface area contributed by atoms with E-state index in [1.54, 1.807) is 6.07 Å². The molecule has 0 aliphatic carbocycles. The Labute approximate surface area is 137 Å². The third kappa shape index (κ3) is 4.91. The van der Waals surface area contributed by atoms with Crippen LogP contribution in [-0.4, -0.2) is 46.5 Å². The maximum Gasteiger partial charge on any atom is 0.338 e. The van der Waals surface area contributed by atoms with Crippen LogP contribution in [0.2, 0.25) is 0 Å². The molecule has 0 amide bonds. The molecule has 0 bridgehead atoms. The van der Waals surface area contributed by atoms with Crippen molar-refractivity contribution < 1.29 is 17.9 Å². The van der Waals surface area contributed by atoms with E-state index in [0.717, 1.165) is 37.6 Å². The highest BCUT2D eigenvalue weighted by Gasteiger charge is 2.21. The van der Waals surface area contributed by atoms with Crippen LogP contribution in [0.1, 0.15) is 41.6 Å². The second kappa shape index (κ2) is 7.75. The molecule has 2 rings (SSSR count). The predicted molar refractivity (Wildman–Crippen MR) is 90.0 cm³/mol. The number of esters is 1. The van der Waals surface area contributed by atoms with E-state index in [4.69, 9.17) is 4.74 Å². The van der Waals surface area contributed by atoms with Crippen LogP contribution in [0.4, 0.5) is 0 Å². The van der Waals surface area contributed by atoms with E-state index in [2.05, 4.69) is 19.0 Å². The summed E-state index contributed by atoms with van der Waals surface area (Å²) in [6.45, 7) is 1.47. The third-order valence-corrected chi connectivity index (χ3v) is 5.19. The number of ether oxygens (including phenoxy) is 1. The van der Waals surface area contributed by atoms with Gasteiger partial charge >= 0.3 is 5.97 Å². The first kappa shape index (κ1) is 17.7. The third-order valence-electron chi connectivity index (χ3n) is 3.71. The van der Waals surface area contributed by atoms with Crippen LogP contribution in [0.25, 0.3) is 6.08 Å². The molecule has 1 heterocycles. The van der Waals surface area contributed by atoms with Crippen LogP contribution in [-0.2, 0) is 14.6 Å². The molecule has 6 heteroatoms. The molecule has 0 fully saturated rings. The summed E-state index contributed by atoms with van der Waals surface area (Å²) in [5.74, 6) is -0.404. The summed E-state index contributed by atoms with van der Waals surface area (Å²) in [5, 5.41) is 1.15. The quantitative estimate of drug-likeness (QED) is 0.539. The fourth-order valence-electron chi connectivity index (χ4n) is 2.43. The molecule has 5 nitrogen and oxygen atoms in total. The molecule has 0 spiro atoms. The molecule has 0 saturated carbocycles. The molecule has 0 N–H and O–H groups in total. The van der Waals surface area contributed by atoms with Gasteiger partial charge in [-0.1, -0.05) is 12.8 Å². The molecule has 0 saturated heterocycles. The van der Waals surface area contributed by atoms with Gasteiger partial charge in [0.05, 0.1) is 17.1 Å². The summed E-state index contributed by atoms with van der Waals surface area (Å²) in [6.07, 6.45) is 5.65. The largest absolute Gasteiger partial charge is 0.462 e. The van der Waals surface area contributed by atoms with Gasteiger partial charge in [-0.05, 0) is 63.3 Å². The van der Waals surface area contributed by atoms with Crippen molar-refractivity contribution in [2.24, 2.45) is 0 Å². The summed E-state index contributed by atoms with van der Waals surface area (Å²) in [4.78, 5) is 14.4. The number of nitrogens with zero attached hydrogens (tertiary/aromatic N) is 1. The Morgan fingerprint density at radius 1 is 1.13 bits per heavy atom. The van der Waals surface area contributed by atoms with Gasteiger partial charge in [0.25, 0.3) is 0 Å². The van der Waals surface area contributed by atoms with Gasteiger partial charge < -0.3 is 9.64 Å². The topological polar surface area (TPSA) is 63.7 Å². The Balaban J connectivity index is 1.76. The minimum absolute atomic E-state index is 0.245. The standard InChI is InChI=1S/C17H23NO4S/c1-18(2)10-5-3-4-6-11-22-17(19)15-7-8-16-14(13-15)9-12-23(16,20)21/h7-9,12-13H,3-6,10-11H2,1-2H3. The van der Waals surface area contributed by atoms with Gasteiger partial charge in [-0.2, -0.15) is 0 Å². The number of rotatable bonds is 8. The van der Waals surface area contributed by atoms with Gasteiger partial charge in [-0.25, -0.2) is 13.2 Å². The molecular weight excluding hydrogens is 314 g/mol.